The third kappa shape index (κ3) is 4.41. The first-order chi connectivity index (χ1) is 11.7. The summed E-state index contributed by atoms with van der Waals surface area (Å²) in [5.74, 6) is 1.76. The molecule has 2 rings (SSSR count). The van der Waals surface area contributed by atoms with Crippen molar-refractivity contribution in [1.82, 2.24) is 5.32 Å². The highest BCUT2D eigenvalue weighted by molar-refractivity contribution is 5.96. The van der Waals surface area contributed by atoms with Gasteiger partial charge in [0.2, 0.25) is 0 Å². The zero-order valence-corrected chi connectivity index (χ0v) is 14.3. The number of hydrogen-bond donors (Lipinski definition) is 1. The SMILES string of the molecule is CCOc1ccc(CNC(=O)c2ccccc2OC)cc1OCC. The third-order valence-corrected chi connectivity index (χ3v) is 3.41. The molecule has 24 heavy (non-hydrogen) atoms. The van der Waals surface area contributed by atoms with E-state index in [1.807, 2.05) is 44.2 Å². The molecule has 0 fully saturated rings. The summed E-state index contributed by atoms with van der Waals surface area (Å²) in [5.41, 5.74) is 1.45. The van der Waals surface area contributed by atoms with Crippen LogP contribution in [0.15, 0.2) is 42.5 Å². The van der Waals surface area contributed by atoms with E-state index < -0.39 is 0 Å². The molecule has 0 aliphatic heterocycles. The van der Waals surface area contributed by atoms with Crippen molar-refractivity contribution >= 4 is 5.91 Å². The Hall–Kier alpha value is -2.69. The molecular weight excluding hydrogens is 306 g/mol. The van der Waals surface area contributed by atoms with Crippen LogP contribution in [-0.2, 0) is 6.54 Å². The molecule has 1 N–H and O–H groups in total. The Morgan fingerprint density at radius 1 is 0.958 bits per heavy atom. The Labute approximate surface area is 142 Å². The van der Waals surface area contributed by atoms with Crippen LogP contribution in [-0.4, -0.2) is 26.2 Å². The Morgan fingerprint density at radius 2 is 1.67 bits per heavy atom. The molecule has 0 atom stereocenters. The summed E-state index contributed by atoms with van der Waals surface area (Å²) >= 11 is 0. The van der Waals surface area contributed by atoms with Gasteiger partial charge in [0.1, 0.15) is 5.75 Å². The lowest BCUT2D eigenvalue weighted by atomic mass is 10.1. The molecule has 0 aliphatic rings. The number of hydrogen-bond acceptors (Lipinski definition) is 4. The molecule has 0 radical (unpaired) electrons. The summed E-state index contributed by atoms with van der Waals surface area (Å²) in [6.07, 6.45) is 0. The van der Waals surface area contributed by atoms with E-state index in [0.717, 1.165) is 5.56 Å². The van der Waals surface area contributed by atoms with Crippen molar-refractivity contribution in [3.63, 3.8) is 0 Å². The van der Waals surface area contributed by atoms with Crippen molar-refractivity contribution in [2.75, 3.05) is 20.3 Å². The molecule has 0 aromatic heterocycles. The molecule has 1 amide bonds. The number of carbonyl (C=O) groups excluding carboxylic acids is 1. The monoisotopic (exact) mass is 329 g/mol. The zero-order valence-electron chi connectivity index (χ0n) is 14.3. The minimum Gasteiger partial charge on any atom is -0.496 e. The maximum absolute atomic E-state index is 12.3. The number of para-hydroxylation sites is 1. The second-order valence-electron chi connectivity index (χ2n) is 5.03. The van der Waals surface area contributed by atoms with E-state index in [1.165, 1.54) is 0 Å². The number of carbonyl (C=O) groups is 1. The molecule has 0 aliphatic carbocycles. The van der Waals surface area contributed by atoms with E-state index in [0.29, 0.717) is 42.6 Å². The topological polar surface area (TPSA) is 56.8 Å². The van der Waals surface area contributed by atoms with Crippen LogP contribution < -0.4 is 19.5 Å². The van der Waals surface area contributed by atoms with E-state index in [9.17, 15) is 4.79 Å². The quantitative estimate of drug-likeness (QED) is 0.806. The van der Waals surface area contributed by atoms with Gasteiger partial charge in [-0.2, -0.15) is 0 Å². The second-order valence-corrected chi connectivity index (χ2v) is 5.03. The van der Waals surface area contributed by atoms with Gasteiger partial charge in [-0.25, -0.2) is 0 Å². The van der Waals surface area contributed by atoms with Gasteiger partial charge in [0, 0.05) is 6.54 Å². The lowest BCUT2D eigenvalue weighted by Gasteiger charge is -2.13. The molecule has 128 valence electrons. The Morgan fingerprint density at radius 3 is 2.38 bits per heavy atom. The van der Waals surface area contributed by atoms with E-state index in [2.05, 4.69) is 5.32 Å². The van der Waals surface area contributed by atoms with Gasteiger partial charge in [0.25, 0.3) is 5.91 Å². The van der Waals surface area contributed by atoms with Crippen LogP contribution in [0, 0.1) is 0 Å². The van der Waals surface area contributed by atoms with Crippen molar-refractivity contribution in [1.29, 1.82) is 0 Å². The summed E-state index contributed by atoms with van der Waals surface area (Å²) in [5, 5.41) is 2.90. The maximum atomic E-state index is 12.3. The van der Waals surface area contributed by atoms with E-state index in [1.54, 1.807) is 19.2 Å². The van der Waals surface area contributed by atoms with Crippen LogP contribution in [0.1, 0.15) is 29.8 Å². The van der Waals surface area contributed by atoms with Crippen LogP contribution in [0.2, 0.25) is 0 Å². The molecule has 2 aromatic carbocycles. The Balaban J connectivity index is 2.08. The lowest BCUT2D eigenvalue weighted by molar-refractivity contribution is 0.0948. The highest BCUT2D eigenvalue weighted by Gasteiger charge is 2.12. The van der Waals surface area contributed by atoms with E-state index in [-0.39, 0.29) is 5.91 Å². The summed E-state index contributed by atoms with van der Waals surface area (Å²) < 4.78 is 16.4. The largest absolute Gasteiger partial charge is 0.496 e. The number of rotatable bonds is 8. The molecule has 0 unspecified atom stereocenters. The summed E-state index contributed by atoms with van der Waals surface area (Å²) in [6, 6.07) is 12.8. The number of benzene rings is 2. The number of ether oxygens (including phenoxy) is 3. The van der Waals surface area contributed by atoms with Gasteiger partial charge in [-0.15, -0.1) is 0 Å². The fourth-order valence-electron chi connectivity index (χ4n) is 2.32. The van der Waals surface area contributed by atoms with Crippen molar-refractivity contribution in [2.45, 2.75) is 20.4 Å². The third-order valence-electron chi connectivity index (χ3n) is 3.41. The standard InChI is InChI=1S/C19H23NO4/c1-4-23-17-11-10-14(12-18(17)24-5-2)13-20-19(21)15-8-6-7-9-16(15)22-3/h6-12H,4-5,13H2,1-3H3,(H,20,21). The highest BCUT2D eigenvalue weighted by Crippen LogP contribution is 2.28. The van der Waals surface area contributed by atoms with Gasteiger partial charge in [-0.3, -0.25) is 4.79 Å². The predicted molar refractivity (Wildman–Crippen MR) is 92.9 cm³/mol. The van der Waals surface area contributed by atoms with Crippen LogP contribution in [0.5, 0.6) is 17.2 Å². The van der Waals surface area contributed by atoms with Crippen molar-refractivity contribution in [3.8, 4) is 17.2 Å². The molecule has 0 bridgehead atoms. The first-order valence-corrected chi connectivity index (χ1v) is 7.99. The van der Waals surface area contributed by atoms with Crippen molar-refractivity contribution < 1.29 is 19.0 Å². The fourth-order valence-corrected chi connectivity index (χ4v) is 2.32. The van der Waals surface area contributed by atoms with Crippen LogP contribution in [0.3, 0.4) is 0 Å². The predicted octanol–water partition coefficient (Wildman–Crippen LogP) is 3.42. The molecular formula is C19H23NO4. The minimum atomic E-state index is -0.181. The zero-order chi connectivity index (χ0) is 17.4. The molecule has 2 aromatic rings. The van der Waals surface area contributed by atoms with Crippen LogP contribution >= 0.6 is 0 Å². The molecule has 5 nitrogen and oxygen atoms in total. The second kappa shape index (κ2) is 8.82. The average molecular weight is 329 g/mol. The first-order valence-electron chi connectivity index (χ1n) is 7.99. The first kappa shape index (κ1) is 17.7. The highest BCUT2D eigenvalue weighted by atomic mass is 16.5. The summed E-state index contributed by atoms with van der Waals surface area (Å²) in [6.45, 7) is 5.37. The van der Waals surface area contributed by atoms with Crippen molar-refractivity contribution in [2.24, 2.45) is 0 Å². The summed E-state index contributed by atoms with van der Waals surface area (Å²) in [7, 11) is 1.55. The maximum Gasteiger partial charge on any atom is 0.255 e. The van der Waals surface area contributed by atoms with Gasteiger partial charge in [-0.05, 0) is 43.7 Å². The molecule has 0 saturated heterocycles. The average Bonchev–Trinajstić information content (AvgIpc) is 2.62. The normalized spacial score (nSPS) is 10.1. The van der Waals surface area contributed by atoms with Crippen LogP contribution in [0.4, 0.5) is 0 Å². The van der Waals surface area contributed by atoms with Crippen molar-refractivity contribution in [3.05, 3.63) is 53.6 Å². The molecule has 0 saturated carbocycles. The summed E-state index contributed by atoms with van der Waals surface area (Å²) in [4.78, 5) is 12.3. The molecule has 5 heteroatoms. The molecule has 0 spiro atoms. The minimum absolute atomic E-state index is 0.181. The number of methoxy groups -OCH3 is 1. The van der Waals surface area contributed by atoms with Gasteiger partial charge < -0.3 is 19.5 Å². The Bertz CT molecular complexity index is 685. The van der Waals surface area contributed by atoms with Gasteiger partial charge in [-0.1, -0.05) is 18.2 Å². The number of amides is 1. The number of nitrogens with one attached hydrogen (secondary N) is 1. The van der Waals surface area contributed by atoms with Crippen LogP contribution in [0.25, 0.3) is 0 Å². The van der Waals surface area contributed by atoms with Gasteiger partial charge in [0.05, 0.1) is 25.9 Å². The fraction of sp³-hybridized carbons (Fsp3) is 0.316. The smallest absolute Gasteiger partial charge is 0.255 e. The van der Waals surface area contributed by atoms with E-state index in [4.69, 9.17) is 14.2 Å². The molecule has 0 heterocycles. The van der Waals surface area contributed by atoms with Gasteiger partial charge >= 0.3 is 0 Å². The lowest BCUT2D eigenvalue weighted by Crippen LogP contribution is -2.23. The van der Waals surface area contributed by atoms with E-state index >= 15 is 0 Å². The van der Waals surface area contributed by atoms with Gasteiger partial charge in [0.15, 0.2) is 11.5 Å². The Kier molecular flexibility index (Phi) is 6.49.